The number of nitrogens with one attached hydrogen (secondary N) is 1. The van der Waals surface area contributed by atoms with Gasteiger partial charge in [-0.2, -0.15) is 0 Å². The van der Waals surface area contributed by atoms with Gasteiger partial charge in [-0.15, -0.1) is 0 Å². The number of aliphatic hydroxyl groups is 1. The van der Waals surface area contributed by atoms with Gasteiger partial charge in [-0.3, -0.25) is 0 Å². The fraction of sp³-hybridized carbons (Fsp3) is 0.667. The highest BCUT2D eigenvalue weighted by Gasteiger charge is 2.01. The molecule has 0 aliphatic heterocycles. The van der Waals surface area contributed by atoms with Crippen molar-refractivity contribution in [3.8, 4) is 0 Å². The third kappa shape index (κ3) is 4.49. The van der Waals surface area contributed by atoms with Gasteiger partial charge in [0, 0.05) is 6.42 Å². The summed E-state index contributed by atoms with van der Waals surface area (Å²) in [6.45, 7) is 5.64. The lowest BCUT2D eigenvalue weighted by molar-refractivity contribution is 0.159. The largest absolute Gasteiger partial charge is 0.465 e. The van der Waals surface area contributed by atoms with Crippen molar-refractivity contribution in [3.63, 3.8) is 0 Å². The van der Waals surface area contributed by atoms with Crippen LogP contribution in [0.4, 0.5) is 0 Å². The first-order valence-corrected chi connectivity index (χ1v) is 5.72. The zero-order valence-corrected chi connectivity index (χ0v) is 9.62. The molecule has 0 saturated carbocycles. The van der Waals surface area contributed by atoms with Gasteiger partial charge < -0.3 is 14.8 Å². The standard InChI is InChI=1S/C12H21NO2/c1-3-10(14)7-8-13-9-12-6-5-11(4-2)15-12/h5-6,10,13-14H,3-4,7-9H2,1-2H3. The minimum absolute atomic E-state index is 0.180. The molecule has 15 heavy (non-hydrogen) atoms. The maximum atomic E-state index is 9.33. The van der Waals surface area contributed by atoms with Crippen molar-refractivity contribution in [2.45, 2.75) is 45.8 Å². The Balaban J connectivity index is 2.14. The summed E-state index contributed by atoms with van der Waals surface area (Å²) in [6, 6.07) is 4.01. The van der Waals surface area contributed by atoms with Gasteiger partial charge in [0.2, 0.25) is 0 Å². The molecular formula is C12H21NO2. The second kappa shape index (κ2) is 6.64. The van der Waals surface area contributed by atoms with Gasteiger partial charge in [0.25, 0.3) is 0 Å². The Labute approximate surface area is 91.5 Å². The van der Waals surface area contributed by atoms with E-state index in [1.54, 1.807) is 0 Å². The van der Waals surface area contributed by atoms with Crippen LogP contribution in [0.5, 0.6) is 0 Å². The molecular weight excluding hydrogens is 190 g/mol. The molecule has 0 bridgehead atoms. The summed E-state index contributed by atoms with van der Waals surface area (Å²) in [7, 11) is 0. The summed E-state index contributed by atoms with van der Waals surface area (Å²) in [6.07, 6.45) is 2.38. The van der Waals surface area contributed by atoms with E-state index in [1.165, 1.54) is 0 Å². The summed E-state index contributed by atoms with van der Waals surface area (Å²) in [5, 5.41) is 12.6. The molecule has 0 aromatic carbocycles. The molecule has 0 aliphatic carbocycles. The van der Waals surface area contributed by atoms with Crippen molar-refractivity contribution < 1.29 is 9.52 Å². The zero-order valence-electron chi connectivity index (χ0n) is 9.62. The summed E-state index contributed by atoms with van der Waals surface area (Å²) in [4.78, 5) is 0. The first-order valence-electron chi connectivity index (χ1n) is 5.72. The topological polar surface area (TPSA) is 45.4 Å². The van der Waals surface area contributed by atoms with E-state index in [9.17, 15) is 5.11 Å². The normalized spacial score (nSPS) is 13.0. The fourth-order valence-corrected chi connectivity index (χ4v) is 1.39. The van der Waals surface area contributed by atoms with Gasteiger partial charge in [-0.1, -0.05) is 13.8 Å². The Morgan fingerprint density at radius 3 is 2.67 bits per heavy atom. The first kappa shape index (κ1) is 12.3. The summed E-state index contributed by atoms with van der Waals surface area (Å²) in [5.74, 6) is 2.00. The van der Waals surface area contributed by atoms with E-state index < -0.39 is 0 Å². The molecule has 0 amide bonds. The van der Waals surface area contributed by atoms with Crippen LogP contribution in [0, 0.1) is 0 Å². The molecule has 0 fully saturated rings. The summed E-state index contributed by atoms with van der Waals surface area (Å²) < 4.78 is 5.54. The van der Waals surface area contributed by atoms with E-state index in [1.807, 2.05) is 19.1 Å². The van der Waals surface area contributed by atoms with Crippen LogP contribution in [0.3, 0.4) is 0 Å². The monoisotopic (exact) mass is 211 g/mol. The molecule has 86 valence electrons. The lowest BCUT2D eigenvalue weighted by Gasteiger charge is -2.07. The molecule has 1 rings (SSSR count). The summed E-state index contributed by atoms with van der Waals surface area (Å²) in [5.41, 5.74) is 0. The predicted molar refractivity (Wildman–Crippen MR) is 60.7 cm³/mol. The third-order valence-corrected chi connectivity index (χ3v) is 2.49. The average Bonchev–Trinajstić information content (AvgIpc) is 2.72. The minimum Gasteiger partial charge on any atom is -0.465 e. The Bertz CT molecular complexity index is 270. The third-order valence-electron chi connectivity index (χ3n) is 2.49. The van der Waals surface area contributed by atoms with Crippen molar-refractivity contribution in [1.82, 2.24) is 5.32 Å². The van der Waals surface area contributed by atoms with Gasteiger partial charge in [-0.05, 0) is 31.5 Å². The Morgan fingerprint density at radius 1 is 1.33 bits per heavy atom. The SMILES string of the molecule is CCc1ccc(CNCCC(O)CC)o1. The van der Waals surface area contributed by atoms with Gasteiger partial charge in [0.05, 0.1) is 12.6 Å². The molecule has 3 nitrogen and oxygen atoms in total. The first-order chi connectivity index (χ1) is 7.26. The fourth-order valence-electron chi connectivity index (χ4n) is 1.39. The number of aryl methyl sites for hydroxylation is 1. The van der Waals surface area contributed by atoms with Crippen molar-refractivity contribution in [2.75, 3.05) is 6.54 Å². The van der Waals surface area contributed by atoms with Gasteiger partial charge in [0.1, 0.15) is 11.5 Å². The van der Waals surface area contributed by atoms with Gasteiger partial charge in [-0.25, -0.2) is 0 Å². The Hall–Kier alpha value is -0.800. The Morgan fingerprint density at radius 2 is 2.07 bits per heavy atom. The molecule has 0 radical (unpaired) electrons. The van der Waals surface area contributed by atoms with Crippen LogP contribution >= 0.6 is 0 Å². The number of hydrogen-bond acceptors (Lipinski definition) is 3. The molecule has 1 unspecified atom stereocenters. The van der Waals surface area contributed by atoms with Crippen molar-refractivity contribution in [3.05, 3.63) is 23.7 Å². The zero-order chi connectivity index (χ0) is 11.1. The number of aliphatic hydroxyl groups excluding tert-OH is 1. The summed E-state index contributed by atoms with van der Waals surface area (Å²) >= 11 is 0. The average molecular weight is 211 g/mol. The quantitative estimate of drug-likeness (QED) is 0.679. The predicted octanol–water partition coefficient (Wildman–Crippen LogP) is 2.09. The van der Waals surface area contributed by atoms with E-state index in [4.69, 9.17) is 4.42 Å². The molecule has 0 saturated heterocycles. The van der Waals surface area contributed by atoms with Gasteiger partial charge in [0.15, 0.2) is 0 Å². The highest BCUT2D eigenvalue weighted by atomic mass is 16.3. The van der Waals surface area contributed by atoms with Crippen molar-refractivity contribution >= 4 is 0 Å². The van der Waals surface area contributed by atoms with E-state index in [0.29, 0.717) is 0 Å². The van der Waals surface area contributed by atoms with Crippen LogP contribution < -0.4 is 5.32 Å². The van der Waals surface area contributed by atoms with Crippen LogP contribution in [0.1, 0.15) is 38.2 Å². The van der Waals surface area contributed by atoms with Crippen molar-refractivity contribution in [1.29, 1.82) is 0 Å². The highest BCUT2D eigenvalue weighted by Crippen LogP contribution is 2.07. The molecule has 2 N–H and O–H groups in total. The van der Waals surface area contributed by atoms with Gasteiger partial charge >= 0.3 is 0 Å². The van der Waals surface area contributed by atoms with E-state index in [2.05, 4.69) is 12.2 Å². The highest BCUT2D eigenvalue weighted by molar-refractivity contribution is 5.06. The van der Waals surface area contributed by atoms with Crippen LogP contribution in [0.25, 0.3) is 0 Å². The maximum absolute atomic E-state index is 9.33. The molecule has 1 aromatic rings. The smallest absolute Gasteiger partial charge is 0.117 e. The van der Waals surface area contributed by atoms with Crippen LogP contribution in [0.15, 0.2) is 16.5 Å². The second-order valence-corrected chi connectivity index (χ2v) is 3.75. The van der Waals surface area contributed by atoms with Crippen LogP contribution in [-0.4, -0.2) is 17.8 Å². The number of furan rings is 1. The van der Waals surface area contributed by atoms with Crippen molar-refractivity contribution in [2.24, 2.45) is 0 Å². The number of hydrogen-bond donors (Lipinski definition) is 2. The maximum Gasteiger partial charge on any atom is 0.117 e. The lowest BCUT2D eigenvalue weighted by Crippen LogP contribution is -2.19. The minimum atomic E-state index is -0.180. The second-order valence-electron chi connectivity index (χ2n) is 3.75. The molecule has 1 atom stereocenters. The molecule has 0 spiro atoms. The van der Waals surface area contributed by atoms with Crippen LogP contribution in [0.2, 0.25) is 0 Å². The molecule has 3 heteroatoms. The molecule has 0 aliphatic rings. The molecule has 1 aromatic heterocycles. The lowest BCUT2D eigenvalue weighted by atomic mass is 10.2. The Kier molecular flexibility index (Phi) is 5.43. The van der Waals surface area contributed by atoms with E-state index in [0.717, 1.165) is 43.9 Å². The van der Waals surface area contributed by atoms with E-state index in [-0.39, 0.29) is 6.10 Å². The number of rotatable bonds is 7. The van der Waals surface area contributed by atoms with Crippen LogP contribution in [-0.2, 0) is 13.0 Å². The van der Waals surface area contributed by atoms with E-state index >= 15 is 0 Å². The molecule has 1 heterocycles.